The zero-order valence-corrected chi connectivity index (χ0v) is 12.7. The summed E-state index contributed by atoms with van der Waals surface area (Å²) in [4.78, 5) is 1.33. The highest BCUT2D eigenvalue weighted by atomic mass is 32.2. The van der Waals surface area contributed by atoms with E-state index in [1.165, 1.54) is 10.5 Å². The van der Waals surface area contributed by atoms with Crippen molar-refractivity contribution in [3.8, 4) is 0 Å². The number of hydrogen-bond acceptors (Lipinski definition) is 3. The number of hydrogen-bond donors (Lipinski definition) is 1. The second-order valence-corrected chi connectivity index (χ2v) is 5.83. The average Bonchev–Trinajstić information content (AvgIpc) is 2.36. The van der Waals surface area contributed by atoms with Crippen molar-refractivity contribution in [2.24, 2.45) is 0 Å². The van der Waals surface area contributed by atoms with Crippen molar-refractivity contribution in [3.63, 3.8) is 0 Å². The van der Waals surface area contributed by atoms with Gasteiger partial charge in [0.05, 0.1) is 18.8 Å². The lowest BCUT2D eigenvalue weighted by Crippen LogP contribution is -2.26. The molecule has 1 unspecified atom stereocenters. The van der Waals surface area contributed by atoms with E-state index in [2.05, 4.69) is 57.3 Å². The molecule has 0 radical (unpaired) electrons. The van der Waals surface area contributed by atoms with Crippen molar-refractivity contribution in [2.75, 3.05) is 18.9 Å². The average molecular weight is 267 g/mol. The largest absolute Gasteiger partial charge is 0.377 e. The zero-order chi connectivity index (χ0) is 13.4. The number of rotatable bonds is 8. The molecule has 0 aliphatic rings. The van der Waals surface area contributed by atoms with Gasteiger partial charge in [0, 0.05) is 4.90 Å². The van der Waals surface area contributed by atoms with Gasteiger partial charge >= 0.3 is 0 Å². The SMILES string of the molecule is CCNC(COC(C)C)c1ccc(SCC)cc1. The van der Waals surface area contributed by atoms with Gasteiger partial charge in [-0.3, -0.25) is 0 Å². The molecule has 0 bridgehead atoms. The van der Waals surface area contributed by atoms with Gasteiger partial charge in [0.2, 0.25) is 0 Å². The summed E-state index contributed by atoms with van der Waals surface area (Å²) < 4.78 is 5.72. The Morgan fingerprint density at radius 2 is 1.83 bits per heavy atom. The number of likely N-dealkylation sites (N-methyl/N-ethyl adjacent to an activating group) is 1. The van der Waals surface area contributed by atoms with E-state index in [0.29, 0.717) is 0 Å². The summed E-state index contributed by atoms with van der Waals surface area (Å²) in [5.41, 5.74) is 1.30. The fourth-order valence-corrected chi connectivity index (χ4v) is 2.43. The molecule has 2 nitrogen and oxygen atoms in total. The van der Waals surface area contributed by atoms with E-state index < -0.39 is 0 Å². The fourth-order valence-electron chi connectivity index (χ4n) is 1.77. The van der Waals surface area contributed by atoms with Crippen molar-refractivity contribution in [1.82, 2.24) is 5.32 Å². The maximum absolute atomic E-state index is 5.72. The zero-order valence-electron chi connectivity index (χ0n) is 11.9. The summed E-state index contributed by atoms with van der Waals surface area (Å²) >= 11 is 1.88. The number of benzene rings is 1. The lowest BCUT2D eigenvalue weighted by molar-refractivity contribution is 0.0614. The third kappa shape index (κ3) is 5.42. The van der Waals surface area contributed by atoms with Crippen molar-refractivity contribution in [2.45, 2.75) is 44.7 Å². The second-order valence-electron chi connectivity index (χ2n) is 4.49. The highest BCUT2D eigenvalue weighted by Gasteiger charge is 2.11. The Morgan fingerprint density at radius 1 is 1.17 bits per heavy atom. The fraction of sp³-hybridized carbons (Fsp3) is 0.600. The normalized spacial score (nSPS) is 12.9. The van der Waals surface area contributed by atoms with Crippen molar-refractivity contribution in [1.29, 1.82) is 0 Å². The van der Waals surface area contributed by atoms with Gasteiger partial charge in [-0.1, -0.05) is 26.0 Å². The molecule has 0 saturated heterocycles. The van der Waals surface area contributed by atoms with Crippen LogP contribution >= 0.6 is 11.8 Å². The van der Waals surface area contributed by atoms with Gasteiger partial charge in [0.25, 0.3) is 0 Å². The predicted octanol–water partition coefficient (Wildman–Crippen LogP) is 3.87. The van der Waals surface area contributed by atoms with E-state index >= 15 is 0 Å². The van der Waals surface area contributed by atoms with Gasteiger partial charge in [0.1, 0.15) is 0 Å². The minimum absolute atomic E-state index is 0.279. The Kier molecular flexibility index (Phi) is 7.40. The van der Waals surface area contributed by atoms with E-state index in [-0.39, 0.29) is 12.1 Å². The molecule has 0 fully saturated rings. The van der Waals surface area contributed by atoms with E-state index in [4.69, 9.17) is 4.74 Å². The topological polar surface area (TPSA) is 21.3 Å². The van der Waals surface area contributed by atoms with Crippen LogP contribution in [0.25, 0.3) is 0 Å². The summed E-state index contributed by atoms with van der Waals surface area (Å²) in [6.45, 7) is 10.1. The van der Waals surface area contributed by atoms with Crippen LogP contribution in [-0.4, -0.2) is 25.0 Å². The summed E-state index contributed by atoms with van der Waals surface area (Å²) in [5, 5.41) is 3.47. The van der Waals surface area contributed by atoms with Crippen molar-refractivity contribution < 1.29 is 4.74 Å². The van der Waals surface area contributed by atoms with Crippen LogP contribution in [0, 0.1) is 0 Å². The van der Waals surface area contributed by atoms with Crippen LogP contribution in [0.5, 0.6) is 0 Å². The Balaban J connectivity index is 2.65. The number of thioether (sulfide) groups is 1. The Bertz CT molecular complexity index is 324. The predicted molar refractivity (Wildman–Crippen MR) is 80.3 cm³/mol. The van der Waals surface area contributed by atoms with Crippen molar-refractivity contribution in [3.05, 3.63) is 29.8 Å². The smallest absolute Gasteiger partial charge is 0.0664 e. The molecule has 18 heavy (non-hydrogen) atoms. The molecule has 102 valence electrons. The summed E-state index contributed by atoms with van der Waals surface area (Å²) in [6.07, 6.45) is 0.279. The first-order chi connectivity index (χ1) is 8.67. The van der Waals surface area contributed by atoms with Gasteiger partial charge in [-0.2, -0.15) is 0 Å². The Labute approximate surface area is 116 Å². The molecule has 0 aliphatic carbocycles. The maximum atomic E-state index is 5.72. The maximum Gasteiger partial charge on any atom is 0.0664 e. The minimum Gasteiger partial charge on any atom is -0.377 e. The first kappa shape index (κ1) is 15.5. The van der Waals surface area contributed by atoms with Crippen LogP contribution in [0.4, 0.5) is 0 Å². The summed E-state index contributed by atoms with van der Waals surface area (Å²) in [5.74, 6) is 1.12. The van der Waals surface area contributed by atoms with Crippen LogP contribution in [0.2, 0.25) is 0 Å². The molecule has 3 heteroatoms. The molecule has 1 aromatic carbocycles. The van der Waals surface area contributed by atoms with Gasteiger partial charge in [-0.15, -0.1) is 11.8 Å². The van der Waals surface area contributed by atoms with E-state index in [0.717, 1.165) is 18.9 Å². The van der Waals surface area contributed by atoms with Crippen molar-refractivity contribution >= 4 is 11.8 Å². The molecule has 0 aliphatic heterocycles. The molecule has 0 aromatic heterocycles. The molecular formula is C15H25NOS. The lowest BCUT2D eigenvalue weighted by Gasteiger charge is -2.20. The molecule has 1 atom stereocenters. The number of ether oxygens (including phenoxy) is 1. The Morgan fingerprint density at radius 3 is 2.33 bits per heavy atom. The van der Waals surface area contributed by atoms with Gasteiger partial charge in [-0.05, 0) is 43.8 Å². The molecule has 1 aromatic rings. The van der Waals surface area contributed by atoms with E-state index in [1.54, 1.807) is 0 Å². The quantitative estimate of drug-likeness (QED) is 0.722. The molecule has 0 heterocycles. The van der Waals surface area contributed by atoms with Gasteiger partial charge in [0.15, 0.2) is 0 Å². The molecule has 0 spiro atoms. The van der Waals surface area contributed by atoms with Crippen LogP contribution < -0.4 is 5.32 Å². The molecule has 1 N–H and O–H groups in total. The van der Waals surface area contributed by atoms with Crippen LogP contribution in [0.1, 0.15) is 39.3 Å². The van der Waals surface area contributed by atoms with E-state index in [9.17, 15) is 0 Å². The third-order valence-electron chi connectivity index (χ3n) is 2.64. The first-order valence-corrected chi connectivity index (χ1v) is 7.73. The molecule has 0 amide bonds. The Hall–Kier alpha value is -0.510. The molecule has 0 saturated carbocycles. The summed E-state index contributed by atoms with van der Waals surface area (Å²) in [7, 11) is 0. The summed E-state index contributed by atoms with van der Waals surface area (Å²) in [6, 6.07) is 9.09. The molecule has 1 rings (SSSR count). The van der Waals surface area contributed by atoms with Gasteiger partial charge < -0.3 is 10.1 Å². The van der Waals surface area contributed by atoms with Crippen LogP contribution in [-0.2, 0) is 4.74 Å². The second kappa shape index (κ2) is 8.57. The van der Waals surface area contributed by atoms with Crippen LogP contribution in [0.3, 0.4) is 0 Å². The molecular weight excluding hydrogens is 242 g/mol. The standard InChI is InChI=1S/C15H25NOS/c1-5-16-15(11-17-12(3)4)13-7-9-14(10-8-13)18-6-2/h7-10,12,15-16H,5-6,11H2,1-4H3. The lowest BCUT2D eigenvalue weighted by atomic mass is 10.1. The van der Waals surface area contributed by atoms with Crippen LogP contribution in [0.15, 0.2) is 29.2 Å². The third-order valence-corrected chi connectivity index (χ3v) is 3.53. The van der Waals surface area contributed by atoms with Gasteiger partial charge in [-0.25, -0.2) is 0 Å². The monoisotopic (exact) mass is 267 g/mol. The highest BCUT2D eigenvalue weighted by Crippen LogP contribution is 2.21. The highest BCUT2D eigenvalue weighted by molar-refractivity contribution is 7.99. The van der Waals surface area contributed by atoms with E-state index in [1.807, 2.05) is 11.8 Å². The first-order valence-electron chi connectivity index (χ1n) is 6.75. The number of nitrogens with one attached hydrogen (secondary N) is 1. The minimum atomic E-state index is 0.279.